The van der Waals surface area contributed by atoms with E-state index in [4.69, 9.17) is 26.8 Å². The molecular formula is C10H9ClN2O5. The number of hydrogen-bond donors (Lipinski definition) is 1. The summed E-state index contributed by atoms with van der Waals surface area (Å²) in [7, 11) is 0. The Balaban J connectivity index is 2.17. The average molecular weight is 273 g/mol. The van der Waals surface area contributed by atoms with Crippen molar-refractivity contribution in [3.63, 3.8) is 0 Å². The van der Waals surface area contributed by atoms with E-state index in [-0.39, 0.29) is 17.9 Å². The smallest absolute Gasteiger partial charge is 0.372 e. The van der Waals surface area contributed by atoms with Crippen LogP contribution in [0, 0.1) is 10.1 Å². The summed E-state index contributed by atoms with van der Waals surface area (Å²) in [5.41, 5.74) is 5.34. The lowest BCUT2D eigenvalue weighted by molar-refractivity contribution is -0.621. The van der Waals surface area contributed by atoms with Crippen molar-refractivity contribution in [2.45, 2.75) is 11.3 Å². The zero-order valence-electron chi connectivity index (χ0n) is 9.04. The number of hydrogen-bond acceptors (Lipinski definition) is 5. The number of alkyl halides is 1. The van der Waals surface area contributed by atoms with Gasteiger partial charge in [-0.3, -0.25) is 14.9 Å². The first-order valence-corrected chi connectivity index (χ1v) is 5.33. The van der Waals surface area contributed by atoms with Gasteiger partial charge in [0.1, 0.15) is 12.4 Å². The third-order valence-electron chi connectivity index (χ3n) is 2.40. The van der Waals surface area contributed by atoms with Crippen LogP contribution in [0.1, 0.15) is 10.4 Å². The van der Waals surface area contributed by atoms with Gasteiger partial charge in [0.05, 0.1) is 4.92 Å². The highest BCUT2D eigenvalue weighted by atomic mass is 35.5. The Bertz CT molecular complexity index is 509. The molecule has 1 aliphatic rings. The number of ether oxygens (including phenoxy) is 2. The second-order valence-corrected chi connectivity index (χ2v) is 4.37. The Labute approximate surface area is 107 Å². The minimum Gasteiger partial charge on any atom is -0.459 e. The van der Waals surface area contributed by atoms with Crippen molar-refractivity contribution >= 4 is 17.5 Å². The van der Waals surface area contributed by atoms with Crippen LogP contribution in [0.15, 0.2) is 24.3 Å². The van der Waals surface area contributed by atoms with Crippen LogP contribution in [0.3, 0.4) is 0 Å². The predicted octanol–water partition coefficient (Wildman–Crippen LogP) is 0.732. The number of carbonyl (C=O) groups is 1. The molecule has 2 rings (SSSR count). The van der Waals surface area contributed by atoms with Gasteiger partial charge < -0.3 is 15.2 Å². The first-order valence-electron chi connectivity index (χ1n) is 4.95. The van der Waals surface area contributed by atoms with E-state index in [9.17, 15) is 14.9 Å². The van der Waals surface area contributed by atoms with E-state index in [1.54, 1.807) is 0 Å². The summed E-state index contributed by atoms with van der Waals surface area (Å²) in [5, 5.41) is 9.05. The number of nitrogens with two attached hydrogens (primary N) is 1. The number of benzene rings is 1. The van der Waals surface area contributed by atoms with E-state index in [1.165, 1.54) is 24.3 Å². The molecule has 18 heavy (non-hydrogen) atoms. The van der Waals surface area contributed by atoms with Crippen molar-refractivity contribution in [3.8, 4) is 5.75 Å². The molecule has 8 heteroatoms. The van der Waals surface area contributed by atoms with E-state index in [1.807, 2.05) is 0 Å². The summed E-state index contributed by atoms with van der Waals surface area (Å²) in [6.07, 6.45) is -1.43. The molecule has 1 aromatic rings. The summed E-state index contributed by atoms with van der Waals surface area (Å²) in [6.45, 7) is -0.110. The monoisotopic (exact) mass is 272 g/mol. The number of nitro groups is 1. The van der Waals surface area contributed by atoms with Crippen LogP contribution in [-0.4, -0.2) is 28.7 Å². The maximum atomic E-state index is 11.0. The Hall–Kier alpha value is -1.86. The van der Waals surface area contributed by atoms with Crippen molar-refractivity contribution in [2.24, 2.45) is 5.73 Å². The number of halogens is 1. The molecule has 0 aromatic heterocycles. The summed E-state index contributed by atoms with van der Waals surface area (Å²) >= 11 is 5.93. The Kier molecular flexibility index (Phi) is 3.10. The number of carbonyl (C=O) groups excluding carboxylic acids is 1. The maximum Gasteiger partial charge on any atom is 0.372 e. The third kappa shape index (κ3) is 2.22. The molecule has 1 fully saturated rings. The van der Waals surface area contributed by atoms with E-state index in [0.29, 0.717) is 0 Å². The number of rotatable bonds is 4. The van der Waals surface area contributed by atoms with Gasteiger partial charge >= 0.3 is 6.23 Å². The second kappa shape index (κ2) is 4.43. The van der Waals surface area contributed by atoms with Crippen LogP contribution < -0.4 is 10.5 Å². The van der Waals surface area contributed by atoms with Gasteiger partial charge in [-0.05, 0) is 18.2 Å². The maximum absolute atomic E-state index is 11.0. The van der Waals surface area contributed by atoms with Gasteiger partial charge in [-0.1, -0.05) is 17.7 Å². The van der Waals surface area contributed by atoms with Gasteiger partial charge in [0.25, 0.3) is 5.06 Å². The quantitative estimate of drug-likeness (QED) is 0.494. The highest BCUT2D eigenvalue weighted by Crippen LogP contribution is 2.35. The molecule has 0 bridgehead atoms. The lowest BCUT2D eigenvalue weighted by atomic mass is 10.2. The van der Waals surface area contributed by atoms with Gasteiger partial charge in [-0.2, -0.15) is 0 Å². The largest absolute Gasteiger partial charge is 0.459 e. The van der Waals surface area contributed by atoms with Gasteiger partial charge in [-0.25, -0.2) is 0 Å². The Morgan fingerprint density at radius 1 is 1.67 bits per heavy atom. The third-order valence-corrected chi connectivity index (χ3v) is 2.78. The van der Waals surface area contributed by atoms with Crippen LogP contribution >= 0.6 is 11.6 Å². The molecule has 7 nitrogen and oxygen atoms in total. The predicted molar refractivity (Wildman–Crippen MR) is 60.9 cm³/mol. The molecule has 1 amide bonds. The zero-order valence-corrected chi connectivity index (χ0v) is 9.79. The first-order chi connectivity index (χ1) is 8.42. The van der Waals surface area contributed by atoms with Crippen molar-refractivity contribution in [1.82, 2.24) is 0 Å². The van der Waals surface area contributed by atoms with E-state index < -0.39 is 22.1 Å². The fourth-order valence-corrected chi connectivity index (χ4v) is 1.79. The van der Waals surface area contributed by atoms with Crippen molar-refractivity contribution < 1.29 is 19.2 Å². The molecule has 0 spiro atoms. The lowest BCUT2D eigenvalue weighted by Gasteiger charge is -2.37. The van der Waals surface area contributed by atoms with Gasteiger partial charge in [0.2, 0.25) is 5.91 Å². The highest BCUT2D eigenvalue weighted by molar-refractivity contribution is 6.24. The molecule has 2 unspecified atom stereocenters. The van der Waals surface area contributed by atoms with E-state index >= 15 is 0 Å². The van der Waals surface area contributed by atoms with Crippen LogP contribution in [0.5, 0.6) is 5.75 Å². The molecule has 2 atom stereocenters. The minimum absolute atomic E-state index is 0.110. The Morgan fingerprint density at radius 2 is 2.39 bits per heavy atom. The van der Waals surface area contributed by atoms with Crippen LogP contribution in [0.4, 0.5) is 0 Å². The molecule has 1 aromatic carbocycles. The molecule has 0 aliphatic carbocycles. The standard InChI is InChI=1S/C10H9ClN2O5/c11-10(5-17-9(10)13(15)16)18-7-3-1-2-6(4-7)8(12)14/h1-4,9H,5H2,(H2,12,14). The SMILES string of the molecule is NC(=O)c1cccc(OC2(Cl)COC2[N+](=O)[O-])c1. The highest BCUT2D eigenvalue weighted by Gasteiger charge is 2.59. The normalized spacial score (nSPS) is 26.2. The van der Waals surface area contributed by atoms with E-state index in [2.05, 4.69) is 0 Å². The molecule has 1 aliphatic heterocycles. The van der Waals surface area contributed by atoms with Gasteiger partial charge in [-0.15, -0.1) is 0 Å². The second-order valence-electron chi connectivity index (χ2n) is 3.73. The first kappa shape index (κ1) is 12.6. The fraction of sp³-hybridized carbons (Fsp3) is 0.300. The van der Waals surface area contributed by atoms with Crippen molar-refractivity contribution in [1.29, 1.82) is 0 Å². The van der Waals surface area contributed by atoms with Crippen LogP contribution in [0.25, 0.3) is 0 Å². The Morgan fingerprint density at radius 3 is 2.89 bits per heavy atom. The molecule has 0 saturated carbocycles. The van der Waals surface area contributed by atoms with Crippen LogP contribution in [0.2, 0.25) is 0 Å². The van der Waals surface area contributed by atoms with Gasteiger partial charge in [0.15, 0.2) is 0 Å². The molecular weight excluding hydrogens is 264 g/mol. The lowest BCUT2D eigenvalue weighted by Crippen LogP contribution is -2.61. The van der Waals surface area contributed by atoms with E-state index in [0.717, 1.165) is 0 Å². The molecule has 96 valence electrons. The average Bonchev–Trinajstić information content (AvgIpc) is 2.27. The van der Waals surface area contributed by atoms with Crippen molar-refractivity contribution in [2.75, 3.05) is 6.61 Å². The molecule has 1 saturated heterocycles. The number of nitrogens with zero attached hydrogens (tertiary/aromatic N) is 1. The minimum atomic E-state index is -1.56. The summed E-state index contributed by atoms with van der Waals surface area (Å²) in [4.78, 5) is 20.9. The summed E-state index contributed by atoms with van der Waals surface area (Å²) in [6, 6.07) is 5.92. The van der Waals surface area contributed by atoms with Crippen LogP contribution in [-0.2, 0) is 4.74 Å². The molecule has 0 radical (unpaired) electrons. The van der Waals surface area contributed by atoms with Gasteiger partial charge in [0, 0.05) is 5.56 Å². The summed E-state index contributed by atoms with van der Waals surface area (Å²) < 4.78 is 10.0. The topological polar surface area (TPSA) is 105 Å². The fourth-order valence-electron chi connectivity index (χ4n) is 1.50. The molecule has 2 N–H and O–H groups in total. The number of amides is 1. The number of primary amides is 1. The van der Waals surface area contributed by atoms with Crippen molar-refractivity contribution in [3.05, 3.63) is 39.9 Å². The molecule has 1 heterocycles. The zero-order chi connectivity index (χ0) is 13.3. The summed E-state index contributed by atoms with van der Waals surface area (Å²) in [5.74, 6) is -0.406.